The van der Waals surface area contributed by atoms with E-state index in [4.69, 9.17) is 0 Å². The Morgan fingerprint density at radius 2 is 1.95 bits per heavy atom. The van der Waals surface area contributed by atoms with Gasteiger partial charge < -0.3 is 15.1 Å². The van der Waals surface area contributed by atoms with Crippen LogP contribution in [0.3, 0.4) is 0 Å². The van der Waals surface area contributed by atoms with Crippen molar-refractivity contribution in [2.75, 3.05) is 43.4 Å². The van der Waals surface area contributed by atoms with Crippen molar-refractivity contribution in [2.24, 2.45) is 0 Å². The summed E-state index contributed by atoms with van der Waals surface area (Å²) in [7, 11) is 2.22. The number of piperazine rings is 1. The lowest BCUT2D eigenvalue weighted by Crippen LogP contribution is -3.12. The Labute approximate surface area is 129 Å². The number of benzene rings is 1. The van der Waals surface area contributed by atoms with Gasteiger partial charge in [0, 0.05) is 0 Å². The summed E-state index contributed by atoms with van der Waals surface area (Å²) in [5.74, 6) is -0.0304. The molecule has 0 bridgehead atoms. The smallest absolute Gasteiger partial charge is 0.265 e. The zero-order chi connectivity index (χ0) is 14.7. The average molecular weight is 302 g/mol. The van der Waals surface area contributed by atoms with Crippen LogP contribution in [-0.2, 0) is 0 Å². The Balaban J connectivity index is 1.78. The van der Waals surface area contributed by atoms with Crippen LogP contribution >= 0.6 is 11.3 Å². The van der Waals surface area contributed by atoms with E-state index in [9.17, 15) is 4.79 Å². The molecule has 0 aliphatic carbocycles. The maximum Gasteiger partial charge on any atom is 0.265 e. The predicted octanol–water partition coefficient (Wildman–Crippen LogP) is 1.34. The number of carbonyl (C=O) groups excluding carboxylic acids is 1. The van der Waals surface area contributed by atoms with E-state index in [0.29, 0.717) is 0 Å². The molecule has 2 heterocycles. The first kappa shape index (κ1) is 14.1. The van der Waals surface area contributed by atoms with E-state index in [0.717, 1.165) is 42.4 Å². The van der Waals surface area contributed by atoms with Gasteiger partial charge in [-0.2, -0.15) is 0 Å². The third-order valence-electron chi connectivity index (χ3n) is 3.85. The maximum atomic E-state index is 12.2. The van der Waals surface area contributed by atoms with E-state index < -0.39 is 0 Å². The van der Waals surface area contributed by atoms with Gasteiger partial charge in [0.05, 0.1) is 49.5 Å². The van der Waals surface area contributed by atoms with E-state index in [1.54, 1.807) is 4.90 Å². The van der Waals surface area contributed by atoms with Gasteiger partial charge in [-0.15, -0.1) is 11.3 Å². The first-order valence-electron chi connectivity index (χ1n) is 7.24. The van der Waals surface area contributed by atoms with E-state index in [2.05, 4.69) is 23.3 Å². The molecule has 21 heavy (non-hydrogen) atoms. The van der Waals surface area contributed by atoms with Crippen LogP contribution in [-0.4, -0.2) is 39.1 Å². The second-order valence-electron chi connectivity index (χ2n) is 5.39. The fourth-order valence-corrected chi connectivity index (χ4v) is 3.20. The molecule has 0 unspecified atom stereocenters. The molecule has 1 aliphatic heterocycles. The highest BCUT2D eigenvalue weighted by molar-refractivity contribution is 7.12. The number of hydrogen-bond acceptors (Lipinski definition) is 3. The maximum absolute atomic E-state index is 12.2. The topological polar surface area (TPSA) is 36.8 Å². The number of quaternary nitrogens is 1. The van der Waals surface area contributed by atoms with Gasteiger partial charge >= 0.3 is 0 Å². The molecule has 3 rings (SSSR count). The molecule has 1 saturated heterocycles. The van der Waals surface area contributed by atoms with Gasteiger partial charge in [-0.25, -0.2) is 0 Å². The molecule has 0 radical (unpaired) electrons. The average Bonchev–Trinajstić information content (AvgIpc) is 3.03. The highest BCUT2D eigenvalue weighted by atomic mass is 32.1. The Morgan fingerprint density at radius 3 is 2.67 bits per heavy atom. The Morgan fingerprint density at radius 1 is 1.19 bits per heavy atom. The summed E-state index contributed by atoms with van der Waals surface area (Å²) >= 11 is 1.46. The zero-order valence-corrected chi connectivity index (χ0v) is 13.0. The summed E-state index contributed by atoms with van der Waals surface area (Å²) in [6.45, 7) is 4.32. The number of amides is 1. The molecular formula is C16H20N3OS+. The van der Waals surface area contributed by atoms with Crippen molar-refractivity contribution in [1.82, 2.24) is 0 Å². The number of anilines is 2. The molecule has 2 N–H and O–H groups in total. The van der Waals surface area contributed by atoms with Crippen LogP contribution in [0.4, 0.5) is 11.4 Å². The zero-order valence-electron chi connectivity index (χ0n) is 12.1. The highest BCUT2D eigenvalue weighted by Crippen LogP contribution is 2.26. The third kappa shape index (κ3) is 3.25. The fraction of sp³-hybridized carbons (Fsp3) is 0.312. The third-order valence-corrected chi connectivity index (χ3v) is 4.72. The van der Waals surface area contributed by atoms with Crippen LogP contribution in [0.5, 0.6) is 0 Å². The van der Waals surface area contributed by atoms with Crippen molar-refractivity contribution in [3.63, 3.8) is 0 Å². The summed E-state index contributed by atoms with van der Waals surface area (Å²) < 4.78 is 0. The van der Waals surface area contributed by atoms with Crippen LogP contribution in [0.1, 0.15) is 9.67 Å². The fourth-order valence-electron chi connectivity index (χ4n) is 2.58. The minimum atomic E-state index is -0.0304. The van der Waals surface area contributed by atoms with Gasteiger partial charge in [-0.1, -0.05) is 18.2 Å². The number of carbonyl (C=O) groups is 1. The van der Waals surface area contributed by atoms with E-state index in [1.165, 1.54) is 11.3 Å². The van der Waals surface area contributed by atoms with Crippen molar-refractivity contribution in [1.29, 1.82) is 0 Å². The molecule has 1 aliphatic rings. The Hall–Kier alpha value is -1.85. The summed E-state index contributed by atoms with van der Waals surface area (Å²) in [4.78, 5) is 16.9. The number of rotatable bonds is 3. The quantitative estimate of drug-likeness (QED) is 0.898. The molecule has 1 amide bonds. The molecule has 0 atom stereocenters. The lowest BCUT2D eigenvalue weighted by molar-refractivity contribution is -0.880. The van der Waals surface area contributed by atoms with Crippen LogP contribution in [0.15, 0.2) is 41.8 Å². The van der Waals surface area contributed by atoms with Crippen LogP contribution in [0.2, 0.25) is 0 Å². The molecule has 1 aromatic heterocycles. The highest BCUT2D eigenvalue weighted by Gasteiger charge is 2.20. The first-order valence-corrected chi connectivity index (χ1v) is 8.12. The van der Waals surface area contributed by atoms with Crippen molar-refractivity contribution >= 4 is 28.6 Å². The van der Waals surface area contributed by atoms with Crippen molar-refractivity contribution in [3.05, 3.63) is 46.7 Å². The van der Waals surface area contributed by atoms with Crippen molar-refractivity contribution < 1.29 is 9.69 Å². The summed E-state index contributed by atoms with van der Waals surface area (Å²) in [6.07, 6.45) is 0. The number of para-hydroxylation sites is 2. The largest absolute Gasteiger partial charge is 0.359 e. The van der Waals surface area contributed by atoms with Gasteiger partial charge in [0.15, 0.2) is 0 Å². The minimum absolute atomic E-state index is 0.0304. The van der Waals surface area contributed by atoms with Crippen molar-refractivity contribution in [3.8, 4) is 0 Å². The van der Waals surface area contributed by atoms with Gasteiger partial charge in [0.2, 0.25) is 0 Å². The van der Waals surface area contributed by atoms with Crippen LogP contribution < -0.4 is 15.1 Å². The van der Waals surface area contributed by atoms with Gasteiger partial charge in [-0.3, -0.25) is 4.79 Å². The number of likely N-dealkylation sites (N-methyl/N-ethyl adjacent to an activating group) is 1. The number of nitrogens with zero attached hydrogens (tertiary/aromatic N) is 1. The first-order chi connectivity index (χ1) is 10.2. The van der Waals surface area contributed by atoms with Crippen LogP contribution in [0, 0.1) is 0 Å². The monoisotopic (exact) mass is 302 g/mol. The second-order valence-corrected chi connectivity index (χ2v) is 6.34. The number of nitrogens with one attached hydrogen (secondary N) is 2. The minimum Gasteiger partial charge on any atom is -0.359 e. The predicted molar refractivity (Wildman–Crippen MR) is 87.5 cm³/mol. The Kier molecular flexibility index (Phi) is 4.22. The summed E-state index contributed by atoms with van der Waals surface area (Å²) in [6, 6.07) is 11.8. The molecule has 0 saturated carbocycles. The molecule has 2 aromatic rings. The standard InChI is InChI=1S/C16H19N3OS/c1-18-8-10-19(11-9-18)14-6-3-2-5-13(14)17-16(20)15-7-4-12-21-15/h2-7,12H,8-11H2,1H3,(H,17,20)/p+1. The lowest BCUT2D eigenvalue weighted by Gasteiger charge is -2.32. The Bertz CT molecular complexity index is 604. The van der Waals surface area contributed by atoms with Gasteiger partial charge in [0.1, 0.15) is 0 Å². The van der Waals surface area contributed by atoms with E-state index >= 15 is 0 Å². The molecular weight excluding hydrogens is 282 g/mol. The molecule has 1 aromatic carbocycles. The second kappa shape index (κ2) is 6.28. The SMILES string of the molecule is C[NH+]1CCN(c2ccccc2NC(=O)c2cccs2)CC1. The number of thiophene rings is 1. The van der Waals surface area contributed by atoms with Crippen molar-refractivity contribution in [2.45, 2.75) is 0 Å². The normalized spacial score (nSPS) is 16.0. The summed E-state index contributed by atoms with van der Waals surface area (Å²) in [5.41, 5.74) is 2.02. The number of hydrogen-bond donors (Lipinski definition) is 2. The van der Waals surface area contributed by atoms with Gasteiger partial charge in [-0.05, 0) is 23.6 Å². The van der Waals surface area contributed by atoms with Gasteiger partial charge in [0.25, 0.3) is 5.91 Å². The van der Waals surface area contributed by atoms with E-state index in [-0.39, 0.29) is 5.91 Å². The molecule has 1 fully saturated rings. The molecule has 110 valence electrons. The van der Waals surface area contributed by atoms with E-state index in [1.807, 2.05) is 35.7 Å². The molecule has 4 nitrogen and oxygen atoms in total. The molecule has 5 heteroatoms. The lowest BCUT2D eigenvalue weighted by atomic mass is 10.2. The summed E-state index contributed by atoms with van der Waals surface area (Å²) in [5, 5.41) is 4.97. The molecule has 0 spiro atoms. The van der Waals surface area contributed by atoms with Crippen LogP contribution in [0.25, 0.3) is 0 Å².